The zero-order chi connectivity index (χ0) is 14.5. The molecule has 0 unspecified atom stereocenters. The van der Waals surface area contributed by atoms with Gasteiger partial charge in [0.25, 0.3) is 0 Å². The monoisotopic (exact) mass is 273 g/mol. The smallest absolute Gasteiger partial charge is 0.342 e. The maximum atomic E-state index is 11.9. The van der Waals surface area contributed by atoms with Gasteiger partial charge in [-0.15, -0.1) is 0 Å². The van der Waals surface area contributed by atoms with Gasteiger partial charge < -0.3 is 20.3 Å². The molecule has 0 spiro atoms. The van der Waals surface area contributed by atoms with Gasteiger partial charge in [0, 0.05) is 0 Å². The quantitative estimate of drug-likeness (QED) is 0.507. The fraction of sp³-hybridized carbons (Fsp3) is 0.133. The third kappa shape index (κ3) is 3.00. The third-order valence-corrected chi connectivity index (χ3v) is 2.82. The zero-order valence-corrected chi connectivity index (χ0v) is 11.0. The lowest BCUT2D eigenvalue weighted by Gasteiger charge is -2.08. The second-order valence-electron chi connectivity index (χ2n) is 4.17. The number of aromatic hydroxyl groups is 1. The molecule has 0 heterocycles. The summed E-state index contributed by atoms with van der Waals surface area (Å²) in [6.45, 7) is 0.108. The van der Waals surface area contributed by atoms with Gasteiger partial charge in [0.1, 0.15) is 17.9 Å². The van der Waals surface area contributed by atoms with E-state index in [1.54, 1.807) is 37.4 Å². The Morgan fingerprint density at radius 1 is 1.20 bits per heavy atom. The summed E-state index contributed by atoms with van der Waals surface area (Å²) in [7, 11) is 1.58. The minimum atomic E-state index is -0.620. The number of nitrogen functional groups attached to an aromatic ring is 1. The zero-order valence-electron chi connectivity index (χ0n) is 11.0. The van der Waals surface area contributed by atoms with Crippen LogP contribution < -0.4 is 10.5 Å². The minimum absolute atomic E-state index is 0.0542. The van der Waals surface area contributed by atoms with Crippen LogP contribution in [0.1, 0.15) is 15.9 Å². The molecule has 2 rings (SSSR count). The van der Waals surface area contributed by atoms with Gasteiger partial charge in [0.15, 0.2) is 5.75 Å². The van der Waals surface area contributed by atoms with Crippen LogP contribution in [-0.2, 0) is 11.3 Å². The molecule has 0 fully saturated rings. The van der Waals surface area contributed by atoms with Gasteiger partial charge in [-0.3, -0.25) is 0 Å². The number of carbonyl (C=O) groups is 1. The first-order valence-electron chi connectivity index (χ1n) is 5.99. The highest BCUT2D eigenvalue weighted by Gasteiger charge is 2.14. The maximum Gasteiger partial charge on any atom is 0.342 e. The molecule has 0 saturated heterocycles. The van der Waals surface area contributed by atoms with Gasteiger partial charge in [-0.2, -0.15) is 0 Å². The van der Waals surface area contributed by atoms with Gasteiger partial charge in [-0.1, -0.05) is 18.2 Å². The summed E-state index contributed by atoms with van der Waals surface area (Å²) < 4.78 is 10.2. The summed E-state index contributed by atoms with van der Waals surface area (Å²) >= 11 is 0. The van der Waals surface area contributed by atoms with Crippen molar-refractivity contribution in [1.29, 1.82) is 0 Å². The summed E-state index contributed by atoms with van der Waals surface area (Å²) in [5, 5.41) is 9.69. The molecule has 0 aliphatic heterocycles. The van der Waals surface area contributed by atoms with E-state index in [1.165, 1.54) is 12.1 Å². The Morgan fingerprint density at radius 3 is 2.55 bits per heavy atom. The molecule has 20 heavy (non-hydrogen) atoms. The number of hydrogen-bond donors (Lipinski definition) is 2. The first-order chi connectivity index (χ1) is 9.61. The molecule has 0 radical (unpaired) electrons. The van der Waals surface area contributed by atoms with Crippen LogP contribution in [0, 0.1) is 0 Å². The van der Waals surface area contributed by atoms with Crippen molar-refractivity contribution in [2.75, 3.05) is 12.8 Å². The normalized spacial score (nSPS) is 10.1. The van der Waals surface area contributed by atoms with Gasteiger partial charge in [0.05, 0.1) is 12.8 Å². The van der Waals surface area contributed by atoms with Crippen LogP contribution in [0.5, 0.6) is 11.5 Å². The van der Waals surface area contributed by atoms with E-state index in [4.69, 9.17) is 15.2 Å². The maximum absolute atomic E-state index is 11.9. The summed E-state index contributed by atoms with van der Waals surface area (Å²) in [5.74, 6) is -0.147. The molecular formula is C15H15NO4. The first kappa shape index (κ1) is 13.7. The van der Waals surface area contributed by atoms with Crippen molar-refractivity contribution in [1.82, 2.24) is 0 Å². The first-order valence-corrected chi connectivity index (χ1v) is 5.99. The summed E-state index contributed by atoms with van der Waals surface area (Å²) in [6.07, 6.45) is 0. The van der Waals surface area contributed by atoms with Crippen LogP contribution in [0.3, 0.4) is 0 Å². The van der Waals surface area contributed by atoms with Crippen molar-refractivity contribution in [3.05, 3.63) is 53.6 Å². The van der Waals surface area contributed by atoms with Crippen molar-refractivity contribution in [2.45, 2.75) is 6.61 Å². The fourth-order valence-corrected chi connectivity index (χ4v) is 1.67. The summed E-state index contributed by atoms with van der Waals surface area (Å²) in [6, 6.07) is 11.7. The van der Waals surface area contributed by atoms with E-state index < -0.39 is 5.97 Å². The Kier molecular flexibility index (Phi) is 4.10. The number of carbonyl (C=O) groups excluding carboxylic acids is 1. The van der Waals surface area contributed by atoms with E-state index in [1.807, 2.05) is 0 Å². The molecule has 0 amide bonds. The molecule has 0 aliphatic rings. The number of nitrogens with two attached hydrogens (primary N) is 1. The topological polar surface area (TPSA) is 81.8 Å². The Bertz CT molecular complexity index is 608. The van der Waals surface area contributed by atoms with Crippen molar-refractivity contribution in [2.24, 2.45) is 0 Å². The lowest BCUT2D eigenvalue weighted by atomic mass is 10.2. The number of esters is 1. The number of rotatable bonds is 4. The standard InChI is InChI=1S/C15H15NO4/c1-19-11-7-5-10(6-8-11)9-20-15(18)12-3-2-4-13(16)14(12)17/h2-8,17H,9,16H2,1H3. The van der Waals surface area contributed by atoms with E-state index in [2.05, 4.69) is 0 Å². The molecule has 5 nitrogen and oxygen atoms in total. The summed E-state index contributed by atoms with van der Waals surface area (Å²) in [5.41, 5.74) is 6.54. The molecule has 5 heteroatoms. The minimum Gasteiger partial charge on any atom is -0.505 e. The molecular weight excluding hydrogens is 258 g/mol. The number of ether oxygens (including phenoxy) is 2. The number of methoxy groups -OCH3 is 1. The number of anilines is 1. The highest BCUT2D eigenvalue weighted by molar-refractivity contribution is 5.94. The molecule has 2 aromatic rings. The third-order valence-electron chi connectivity index (χ3n) is 2.82. The molecule has 0 saturated carbocycles. The van der Waals surface area contributed by atoms with E-state index in [0.29, 0.717) is 0 Å². The predicted octanol–water partition coefficient (Wildman–Crippen LogP) is 2.34. The van der Waals surface area contributed by atoms with E-state index in [-0.39, 0.29) is 23.6 Å². The van der Waals surface area contributed by atoms with Crippen LogP contribution >= 0.6 is 0 Å². The number of benzene rings is 2. The fourth-order valence-electron chi connectivity index (χ4n) is 1.67. The Labute approximate surface area is 116 Å². The Hall–Kier alpha value is -2.69. The van der Waals surface area contributed by atoms with Crippen molar-refractivity contribution in [3.8, 4) is 11.5 Å². The number of para-hydroxylation sites is 1. The van der Waals surface area contributed by atoms with Gasteiger partial charge in [0.2, 0.25) is 0 Å². The van der Waals surface area contributed by atoms with E-state index in [9.17, 15) is 9.90 Å². The average Bonchev–Trinajstić information content (AvgIpc) is 2.48. The van der Waals surface area contributed by atoms with Crippen molar-refractivity contribution < 1.29 is 19.4 Å². The lowest BCUT2D eigenvalue weighted by molar-refractivity contribution is 0.0469. The Morgan fingerprint density at radius 2 is 1.90 bits per heavy atom. The second-order valence-corrected chi connectivity index (χ2v) is 4.17. The predicted molar refractivity (Wildman–Crippen MR) is 74.6 cm³/mol. The van der Waals surface area contributed by atoms with Crippen LogP contribution in [-0.4, -0.2) is 18.2 Å². The molecule has 0 aliphatic carbocycles. The molecule has 3 N–H and O–H groups in total. The van der Waals surface area contributed by atoms with E-state index in [0.717, 1.165) is 11.3 Å². The van der Waals surface area contributed by atoms with Crippen LogP contribution in [0.2, 0.25) is 0 Å². The van der Waals surface area contributed by atoms with Gasteiger partial charge in [-0.05, 0) is 29.8 Å². The number of phenolic OH excluding ortho intramolecular Hbond substituents is 1. The molecule has 104 valence electrons. The molecule has 2 aromatic carbocycles. The van der Waals surface area contributed by atoms with Gasteiger partial charge >= 0.3 is 5.97 Å². The Balaban J connectivity index is 2.02. The highest BCUT2D eigenvalue weighted by Crippen LogP contribution is 2.25. The van der Waals surface area contributed by atoms with Crippen LogP contribution in [0.4, 0.5) is 5.69 Å². The molecule has 0 aromatic heterocycles. The lowest BCUT2D eigenvalue weighted by Crippen LogP contribution is -2.06. The average molecular weight is 273 g/mol. The molecule has 0 atom stereocenters. The van der Waals surface area contributed by atoms with Crippen molar-refractivity contribution >= 4 is 11.7 Å². The largest absolute Gasteiger partial charge is 0.505 e. The van der Waals surface area contributed by atoms with Crippen LogP contribution in [0.15, 0.2) is 42.5 Å². The van der Waals surface area contributed by atoms with Gasteiger partial charge in [-0.25, -0.2) is 4.79 Å². The SMILES string of the molecule is COc1ccc(COC(=O)c2cccc(N)c2O)cc1. The molecule has 0 bridgehead atoms. The summed E-state index contributed by atoms with van der Waals surface area (Å²) in [4.78, 5) is 11.9. The van der Waals surface area contributed by atoms with E-state index >= 15 is 0 Å². The second kappa shape index (κ2) is 5.97. The van der Waals surface area contributed by atoms with Crippen molar-refractivity contribution in [3.63, 3.8) is 0 Å². The van der Waals surface area contributed by atoms with Crippen LogP contribution in [0.25, 0.3) is 0 Å². The number of phenols is 1. The highest BCUT2D eigenvalue weighted by atomic mass is 16.5. The number of hydrogen-bond acceptors (Lipinski definition) is 5.